The van der Waals surface area contributed by atoms with E-state index in [1.54, 1.807) is 11.3 Å². The van der Waals surface area contributed by atoms with Crippen molar-refractivity contribution >= 4 is 38.3 Å². The van der Waals surface area contributed by atoms with E-state index >= 15 is 0 Å². The maximum Gasteiger partial charge on any atom is 0.251 e. The number of benzene rings is 2. The largest absolute Gasteiger partial charge is 0.369 e. The Hall–Kier alpha value is -2.64. The third-order valence-corrected chi connectivity index (χ3v) is 8.35. The summed E-state index contributed by atoms with van der Waals surface area (Å²) in [5.74, 6) is 0.00356. The zero-order valence-electron chi connectivity index (χ0n) is 20.3. The first-order valence-corrected chi connectivity index (χ1v) is 13.4. The average Bonchev–Trinajstić information content (AvgIpc) is 3.30. The van der Waals surface area contributed by atoms with Crippen molar-refractivity contribution in [2.45, 2.75) is 33.1 Å². The Kier molecular flexibility index (Phi) is 7.02. The Morgan fingerprint density at radius 2 is 1.76 bits per heavy atom. The minimum Gasteiger partial charge on any atom is -0.369 e. The van der Waals surface area contributed by atoms with E-state index in [9.17, 15) is 4.79 Å². The SMILES string of the molecule is Cc1cccc(N2CCN(CCNC(=O)c3ccc4nc(N5CCCCC5)sc4c3)CC2)c1C. The maximum absolute atomic E-state index is 12.8. The van der Waals surface area contributed by atoms with Gasteiger partial charge in [-0.15, -0.1) is 0 Å². The highest BCUT2D eigenvalue weighted by Gasteiger charge is 2.19. The van der Waals surface area contributed by atoms with E-state index in [4.69, 9.17) is 4.98 Å². The molecule has 2 fully saturated rings. The van der Waals surface area contributed by atoms with E-state index in [2.05, 4.69) is 52.1 Å². The molecule has 0 saturated carbocycles. The van der Waals surface area contributed by atoms with Crippen LogP contribution >= 0.6 is 11.3 Å². The van der Waals surface area contributed by atoms with Crippen LogP contribution < -0.4 is 15.1 Å². The van der Waals surface area contributed by atoms with Crippen molar-refractivity contribution in [3.05, 3.63) is 53.1 Å². The van der Waals surface area contributed by atoms with Crippen molar-refractivity contribution in [2.24, 2.45) is 0 Å². The maximum atomic E-state index is 12.8. The van der Waals surface area contributed by atoms with Crippen LogP contribution in [0.5, 0.6) is 0 Å². The minimum atomic E-state index is 0.00356. The number of carbonyl (C=O) groups is 1. The lowest BCUT2D eigenvalue weighted by atomic mass is 10.1. The molecule has 5 rings (SSSR count). The Balaban J connectivity index is 1.11. The van der Waals surface area contributed by atoms with Gasteiger partial charge in [0.15, 0.2) is 5.13 Å². The number of piperidine rings is 1. The van der Waals surface area contributed by atoms with Gasteiger partial charge in [-0.25, -0.2) is 4.98 Å². The molecule has 0 bridgehead atoms. The lowest BCUT2D eigenvalue weighted by molar-refractivity contribution is 0.0948. The molecule has 34 heavy (non-hydrogen) atoms. The topological polar surface area (TPSA) is 51.7 Å². The van der Waals surface area contributed by atoms with E-state index in [1.807, 2.05) is 18.2 Å². The summed E-state index contributed by atoms with van der Waals surface area (Å²) in [6.45, 7) is 12.2. The highest BCUT2D eigenvalue weighted by Crippen LogP contribution is 2.31. The fourth-order valence-corrected chi connectivity index (χ4v) is 6.05. The second-order valence-electron chi connectivity index (χ2n) is 9.53. The van der Waals surface area contributed by atoms with Crippen LogP contribution in [-0.2, 0) is 0 Å². The van der Waals surface area contributed by atoms with Crippen LogP contribution in [0.2, 0.25) is 0 Å². The van der Waals surface area contributed by atoms with Gasteiger partial charge in [0.1, 0.15) is 0 Å². The summed E-state index contributed by atoms with van der Waals surface area (Å²) in [7, 11) is 0. The van der Waals surface area contributed by atoms with Gasteiger partial charge in [0.2, 0.25) is 0 Å². The number of anilines is 2. The highest BCUT2D eigenvalue weighted by molar-refractivity contribution is 7.22. The number of carbonyl (C=O) groups excluding carboxylic acids is 1. The van der Waals surface area contributed by atoms with Gasteiger partial charge in [-0.2, -0.15) is 0 Å². The molecule has 0 spiro atoms. The Morgan fingerprint density at radius 1 is 0.971 bits per heavy atom. The number of nitrogens with zero attached hydrogens (tertiary/aromatic N) is 4. The molecule has 2 saturated heterocycles. The fraction of sp³-hybridized carbons (Fsp3) is 0.481. The average molecular weight is 478 g/mol. The molecular weight excluding hydrogens is 442 g/mol. The number of hydrogen-bond acceptors (Lipinski definition) is 6. The number of piperazine rings is 1. The van der Waals surface area contributed by atoms with Crippen molar-refractivity contribution in [1.29, 1.82) is 0 Å². The van der Waals surface area contributed by atoms with Crippen LogP contribution in [0, 0.1) is 13.8 Å². The van der Waals surface area contributed by atoms with Crippen LogP contribution in [0.15, 0.2) is 36.4 Å². The monoisotopic (exact) mass is 477 g/mol. The smallest absolute Gasteiger partial charge is 0.251 e. The molecule has 0 aliphatic carbocycles. The molecule has 1 N–H and O–H groups in total. The summed E-state index contributed by atoms with van der Waals surface area (Å²) in [5.41, 5.74) is 5.80. The van der Waals surface area contributed by atoms with Gasteiger partial charge in [0, 0.05) is 63.6 Å². The van der Waals surface area contributed by atoms with Crippen molar-refractivity contribution in [3.8, 4) is 0 Å². The summed E-state index contributed by atoms with van der Waals surface area (Å²) in [6, 6.07) is 12.4. The number of fused-ring (bicyclic) bond motifs is 1. The highest BCUT2D eigenvalue weighted by atomic mass is 32.1. The van der Waals surface area contributed by atoms with Gasteiger partial charge in [0.25, 0.3) is 5.91 Å². The number of aromatic nitrogens is 1. The third-order valence-electron chi connectivity index (χ3n) is 7.27. The van der Waals surface area contributed by atoms with Crippen molar-refractivity contribution < 1.29 is 4.79 Å². The minimum absolute atomic E-state index is 0.00356. The second-order valence-corrected chi connectivity index (χ2v) is 10.5. The van der Waals surface area contributed by atoms with E-state index in [1.165, 1.54) is 36.1 Å². The van der Waals surface area contributed by atoms with Crippen molar-refractivity contribution in [3.63, 3.8) is 0 Å². The molecule has 3 heterocycles. The van der Waals surface area contributed by atoms with E-state index in [0.717, 1.165) is 66.7 Å². The predicted octanol–water partition coefficient (Wildman–Crippen LogP) is 4.46. The molecule has 6 nitrogen and oxygen atoms in total. The second kappa shape index (κ2) is 10.3. The first kappa shape index (κ1) is 23.1. The molecule has 0 radical (unpaired) electrons. The van der Waals surface area contributed by atoms with E-state index in [0.29, 0.717) is 6.54 Å². The van der Waals surface area contributed by atoms with Crippen LogP contribution in [0.4, 0.5) is 10.8 Å². The molecule has 1 amide bonds. The zero-order valence-corrected chi connectivity index (χ0v) is 21.2. The van der Waals surface area contributed by atoms with Crippen LogP contribution in [0.3, 0.4) is 0 Å². The molecule has 1 aromatic heterocycles. The molecule has 2 aliphatic rings. The lowest BCUT2D eigenvalue weighted by Crippen LogP contribution is -2.48. The number of hydrogen-bond donors (Lipinski definition) is 1. The summed E-state index contributed by atoms with van der Waals surface area (Å²) in [5, 5.41) is 4.21. The number of rotatable bonds is 6. The Bertz CT molecular complexity index is 1150. The molecule has 7 heteroatoms. The number of nitrogens with one attached hydrogen (secondary N) is 1. The first-order valence-electron chi connectivity index (χ1n) is 12.6. The molecule has 3 aromatic rings. The quantitative estimate of drug-likeness (QED) is 0.568. The Morgan fingerprint density at radius 3 is 2.56 bits per heavy atom. The third kappa shape index (κ3) is 5.05. The fourth-order valence-electron chi connectivity index (χ4n) is 4.99. The van der Waals surface area contributed by atoms with Crippen LogP contribution in [0.1, 0.15) is 40.7 Å². The van der Waals surface area contributed by atoms with Crippen LogP contribution in [0.25, 0.3) is 10.2 Å². The number of amides is 1. The molecule has 2 aromatic carbocycles. The molecule has 180 valence electrons. The van der Waals surface area contributed by atoms with Gasteiger partial charge in [-0.3, -0.25) is 9.69 Å². The van der Waals surface area contributed by atoms with Gasteiger partial charge in [-0.1, -0.05) is 23.5 Å². The van der Waals surface area contributed by atoms with E-state index < -0.39 is 0 Å². The summed E-state index contributed by atoms with van der Waals surface area (Å²) >= 11 is 1.70. The van der Waals surface area contributed by atoms with Crippen molar-refractivity contribution in [1.82, 2.24) is 15.2 Å². The molecule has 2 aliphatic heterocycles. The lowest BCUT2D eigenvalue weighted by Gasteiger charge is -2.37. The predicted molar refractivity (Wildman–Crippen MR) is 143 cm³/mol. The van der Waals surface area contributed by atoms with Crippen LogP contribution in [-0.4, -0.2) is 68.1 Å². The van der Waals surface area contributed by atoms with E-state index in [-0.39, 0.29) is 5.91 Å². The number of thiazole rings is 1. The Labute approximate surface area is 206 Å². The summed E-state index contributed by atoms with van der Waals surface area (Å²) in [4.78, 5) is 24.9. The molecule has 0 unspecified atom stereocenters. The zero-order chi connectivity index (χ0) is 23.5. The summed E-state index contributed by atoms with van der Waals surface area (Å²) in [6.07, 6.45) is 3.79. The number of aryl methyl sites for hydroxylation is 1. The summed E-state index contributed by atoms with van der Waals surface area (Å²) < 4.78 is 1.09. The van der Waals surface area contributed by atoms with Gasteiger partial charge in [-0.05, 0) is 68.5 Å². The molecular formula is C27H35N5OS. The standard InChI is InChI=1S/C27H35N5OS/c1-20-7-6-8-24(21(20)2)31-17-15-30(16-18-31)14-11-28-26(33)22-9-10-23-25(19-22)34-27(29-23)32-12-4-3-5-13-32/h6-10,19H,3-5,11-18H2,1-2H3,(H,28,33). The van der Waals surface area contributed by atoms with Gasteiger partial charge in [0.05, 0.1) is 10.2 Å². The molecule has 0 atom stereocenters. The van der Waals surface area contributed by atoms with Gasteiger partial charge < -0.3 is 15.1 Å². The first-order chi connectivity index (χ1) is 16.6. The van der Waals surface area contributed by atoms with Crippen molar-refractivity contribution in [2.75, 3.05) is 62.2 Å². The normalized spacial score (nSPS) is 17.4. The van der Waals surface area contributed by atoms with Gasteiger partial charge >= 0.3 is 0 Å².